The third-order valence-corrected chi connectivity index (χ3v) is 2.73. The SMILES string of the molecule is NC1=C2C=CN=CC23N=CC=C3C=C1. The number of nitrogens with two attached hydrogens (primary N) is 1. The predicted molar refractivity (Wildman–Crippen MR) is 57.3 cm³/mol. The molecule has 0 fully saturated rings. The molecule has 3 nitrogen and oxygen atoms in total. The maximum Gasteiger partial charge on any atom is 0.148 e. The second-order valence-corrected chi connectivity index (χ2v) is 3.46. The van der Waals surface area contributed by atoms with E-state index in [2.05, 4.69) is 9.98 Å². The fourth-order valence-electron chi connectivity index (χ4n) is 2.00. The van der Waals surface area contributed by atoms with E-state index in [0.29, 0.717) is 0 Å². The van der Waals surface area contributed by atoms with Gasteiger partial charge in [0.2, 0.25) is 0 Å². The lowest BCUT2D eigenvalue weighted by atomic mass is 9.79. The van der Waals surface area contributed by atoms with E-state index in [1.807, 2.05) is 36.7 Å². The molecule has 2 aliphatic heterocycles. The Hall–Kier alpha value is -1.90. The highest BCUT2D eigenvalue weighted by atomic mass is 14.9. The minimum Gasteiger partial charge on any atom is -0.398 e. The fraction of sp³-hybridized carbons (Fsp3) is 0.0909. The zero-order valence-corrected chi connectivity index (χ0v) is 7.51. The first-order chi connectivity index (χ1) is 6.83. The van der Waals surface area contributed by atoms with Crippen LogP contribution in [-0.4, -0.2) is 18.0 Å². The summed E-state index contributed by atoms with van der Waals surface area (Å²) in [6.07, 6.45) is 13.2. The maximum absolute atomic E-state index is 5.92. The van der Waals surface area contributed by atoms with Crippen LogP contribution in [0.4, 0.5) is 0 Å². The Labute approximate surface area is 81.7 Å². The van der Waals surface area contributed by atoms with E-state index in [-0.39, 0.29) is 0 Å². The zero-order valence-electron chi connectivity index (χ0n) is 7.51. The Kier molecular flexibility index (Phi) is 1.24. The van der Waals surface area contributed by atoms with Crippen LogP contribution in [0.25, 0.3) is 0 Å². The molecule has 14 heavy (non-hydrogen) atoms. The summed E-state index contributed by atoms with van der Waals surface area (Å²) in [6, 6.07) is 0. The molecule has 0 saturated heterocycles. The number of aliphatic imine (C=N–C) groups is 2. The Morgan fingerprint density at radius 2 is 2.14 bits per heavy atom. The molecule has 0 aromatic rings. The fourth-order valence-corrected chi connectivity index (χ4v) is 2.00. The third kappa shape index (κ3) is 0.719. The Balaban J connectivity index is 2.31. The van der Waals surface area contributed by atoms with Crippen LogP contribution in [0.1, 0.15) is 0 Å². The van der Waals surface area contributed by atoms with E-state index in [1.165, 1.54) is 0 Å². The van der Waals surface area contributed by atoms with Crippen molar-refractivity contribution in [2.24, 2.45) is 15.7 Å². The molecule has 3 aliphatic rings. The average Bonchev–Trinajstić information content (AvgIpc) is 2.61. The molecular weight excluding hydrogens is 174 g/mol. The van der Waals surface area contributed by atoms with E-state index >= 15 is 0 Å². The smallest absolute Gasteiger partial charge is 0.148 e. The lowest BCUT2D eigenvalue weighted by Gasteiger charge is -2.30. The molecule has 0 radical (unpaired) electrons. The predicted octanol–water partition coefficient (Wildman–Crippen LogP) is 1.12. The second-order valence-electron chi connectivity index (χ2n) is 3.46. The van der Waals surface area contributed by atoms with Gasteiger partial charge >= 0.3 is 0 Å². The molecule has 1 spiro atoms. The highest BCUT2D eigenvalue weighted by Crippen LogP contribution is 2.38. The van der Waals surface area contributed by atoms with Gasteiger partial charge in [-0.2, -0.15) is 0 Å². The quantitative estimate of drug-likeness (QED) is 0.601. The molecule has 1 unspecified atom stereocenters. The molecule has 0 bridgehead atoms. The molecule has 68 valence electrons. The van der Waals surface area contributed by atoms with Gasteiger partial charge in [-0.25, -0.2) is 0 Å². The molecule has 0 saturated carbocycles. The van der Waals surface area contributed by atoms with E-state index in [9.17, 15) is 0 Å². The van der Waals surface area contributed by atoms with Crippen LogP contribution in [0.3, 0.4) is 0 Å². The van der Waals surface area contributed by atoms with Gasteiger partial charge in [0.1, 0.15) is 5.54 Å². The molecule has 3 rings (SSSR count). The monoisotopic (exact) mass is 183 g/mol. The molecule has 2 heterocycles. The lowest BCUT2D eigenvalue weighted by Crippen LogP contribution is -2.35. The van der Waals surface area contributed by atoms with Gasteiger partial charge < -0.3 is 5.73 Å². The summed E-state index contributed by atoms with van der Waals surface area (Å²) in [7, 11) is 0. The Morgan fingerprint density at radius 1 is 1.21 bits per heavy atom. The van der Waals surface area contributed by atoms with Crippen LogP contribution in [0, 0.1) is 0 Å². The van der Waals surface area contributed by atoms with E-state index < -0.39 is 5.54 Å². The molecule has 1 aliphatic carbocycles. The van der Waals surface area contributed by atoms with Gasteiger partial charge in [0.15, 0.2) is 0 Å². The first-order valence-electron chi connectivity index (χ1n) is 4.48. The standard InChI is InChI=1S/C11H9N3/c12-10-2-1-8-3-6-14-11(8)7-13-5-4-9(10)11/h1-7H,12H2. The van der Waals surface area contributed by atoms with E-state index in [0.717, 1.165) is 16.8 Å². The van der Waals surface area contributed by atoms with Gasteiger partial charge in [-0.3, -0.25) is 9.98 Å². The summed E-state index contributed by atoms with van der Waals surface area (Å²) in [5.74, 6) is 0. The number of hydrogen-bond donors (Lipinski definition) is 1. The lowest BCUT2D eigenvalue weighted by molar-refractivity contribution is 0.810. The van der Waals surface area contributed by atoms with Crippen molar-refractivity contribution < 1.29 is 0 Å². The molecular formula is C11H9N3. The van der Waals surface area contributed by atoms with Crippen LogP contribution in [-0.2, 0) is 0 Å². The molecule has 0 aromatic heterocycles. The van der Waals surface area contributed by atoms with Crippen molar-refractivity contribution in [3.8, 4) is 0 Å². The minimum atomic E-state index is -0.423. The van der Waals surface area contributed by atoms with Crippen molar-refractivity contribution in [3.63, 3.8) is 0 Å². The average molecular weight is 183 g/mol. The largest absolute Gasteiger partial charge is 0.398 e. The third-order valence-electron chi connectivity index (χ3n) is 2.73. The van der Waals surface area contributed by atoms with Gasteiger partial charge in [0.05, 0.1) is 0 Å². The highest BCUT2D eigenvalue weighted by Gasteiger charge is 2.40. The van der Waals surface area contributed by atoms with Crippen LogP contribution in [0.5, 0.6) is 0 Å². The van der Waals surface area contributed by atoms with Gasteiger partial charge in [-0.1, -0.05) is 6.08 Å². The summed E-state index contributed by atoms with van der Waals surface area (Å²) in [6.45, 7) is 0. The van der Waals surface area contributed by atoms with Crippen molar-refractivity contribution in [3.05, 3.63) is 47.3 Å². The van der Waals surface area contributed by atoms with Crippen molar-refractivity contribution >= 4 is 12.4 Å². The molecule has 2 N–H and O–H groups in total. The van der Waals surface area contributed by atoms with Gasteiger partial charge in [-0.05, 0) is 23.8 Å². The van der Waals surface area contributed by atoms with Crippen LogP contribution >= 0.6 is 0 Å². The van der Waals surface area contributed by atoms with E-state index in [4.69, 9.17) is 5.73 Å². The highest BCUT2D eigenvalue weighted by molar-refractivity contribution is 5.95. The number of hydrogen-bond acceptors (Lipinski definition) is 3. The van der Waals surface area contributed by atoms with Crippen molar-refractivity contribution in [2.45, 2.75) is 5.54 Å². The topological polar surface area (TPSA) is 50.7 Å². The van der Waals surface area contributed by atoms with Gasteiger partial charge in [0, 0.05) is 29.9 Å². The minimum absolute atomic E-state index is 0.423. The summed E-state index contributed by atoms with van der Waals surface area (Å²) in [4.78, 5) is 8.60. The van der Waals surface area contributed by atoms with Crippen molar-refractivity contribution in [2.75, 3.05) is 0 Å². The van der Waals surface area contributed by atoms with Gasteiger partial charge in [0.25, 0.3) is 0 Å². The molecule has 0 aromatic carbocycles. The van der Waals surface area contributed by atoms with Gasteiger partial charge in [-0.15, -0.1) is 0 Å². The first-order valence-corrected chi connectivity index (χ1v) is 4.48. The zero-order chi connectivity index (χ0) is 9.60. The normalized spacial score (nSPS) is 31.9. The number of rotatable bonds is 0. The summed E-state index contributed by atoms with van der Waals surface area (Å²) in [5, 5.41) is 0. The Morgan fingerprint density at radius 3 is 3.07 bits per heavy atom. The number of allylic oxidation sites excluding steroid dienone is 2. The molecule has 0 amide bonds. The first kappa shape index (κ1) is 7.50. The van der Waals surface area contributed by atoms with E-state index in [1.54, 1.807) is 6.20 Å². The maximum atomic E-state index is 5.92. The van der Waals surface area contributed by atoms with Crippen molar-refractivity contribution in [1.29, 1.82) is 0 Å². The summed E-state index contributed by atoms with van der Waals surface area (Å²) >= 11 is 0. The van der Waals surface area contributed by atoms with Crippen molar-refractivity contribution in [1.82, 2.24) is 0 Å². The number of nitrogens with zero attached hydrogens (tertiary/aromatic N) is 2. The Bertz CT molecular complexity index is 475. The molecule has 1 atom stereocenters. The summed E-state index contributed by atoms with van der Waals surface area (Å²) in [5.41, 5.74) is 8.42. The second kappa shape index (κ2) is 2.32. The summed E-state index contributed by atoms with van der Waals surface area (Å²) < 4.78 is 0. The van der Waals surface area contributed by atoms with Crippen LogP contribution < -0.4 is 5.73 Å². The van der Waals surface area contributed by atoms with Crippen LogP contribution in [0.15, 0.2) is 57.3 Å². The van der Waals surface area contributed by atoms with Crippen LogP contribution in [0.2, 0.25) is 0 Å². The molecule has 3 heteroatoms.